The zero-order valence-corrected chi connectivity index (χ0v) is 6.39. The van der Waals surface area contributed by atoms with Crippen LogP contribution in [0, 0.1) is 6.92 Å². The van der Waals surface area contributed by atoms with E-state index in [0.29, 0.717) is 8.46 Å². The van der Waals surface area contributed by atoms with Crippen molar-refractivity contribution < 1.29 is 0 Å². The molecule has 0 bridgehead atoms. The molecule has 0 amide bonds. The molecule has 0 aliphatic heterocycles. The van der Waals surface area contributed by atoms with E-state index in [1.807, 2.05) is 0 Å². The van der Waals surface area contributed by atoms with Gasteiger partial charge in [0.15, 0.2) is 0 Å². The second-order valence-electron chi connectivity index (χ2n) is 2.01. The van der Waals surface area contributed by atoms with Crippen LogP contribution >= 0.6 is 8.46 Å². The van der Waals surface area contributed by atoms with Crippen LogP contribution in [0.2, 0.25) is 0 Å². The largest absolute Gasteiger partial charge is 0.141 e. The summed E-state index contributed by atoms with van der Waals surface area (Å²) in [5, 5.41) is 1.22. The Morgan fingerprint density at radius 2 is 1.78 bits per heavy atom. The maximum absolute atomic E-state index is 5.43. The molecule has 0 spiro atoms. The van der Waals surface area contributed by atoms with Crippen molar-refractivity contribution in [1.82, 2.24) is 0 Å². The fourth-order valence-electron chi connectivity index (χ4n) is 0.650. The monoisotopic (exact) mass is 134 g/mol. The molecule has 0 nitrogen and oxygen atoms in total. The molecule has 0 aliphatic rings. The van der Waals surface area contributed by atoms with Crippen molar-refractivity contribution >= 4 is 21.3 Å². The van der Waals surface area contributed by atoms with E-state index in [4.69, 9.17) is 7.57 Å². The fraction of sp³-hybridized carbons (Fsp3) is 0.143. The first-order valence-corrected chi connectivity index (χ1v) is 3.94. The minimum atomic E-state index is 0.426. The molecule has 2 radical (unpaired) electrons. The van der Waals surface area contributed by atoms with E-state index >= 15 is 0 Å². The molecule has 0 saturated carbocycles. The Morgan fingerprint density at radius 1 is 1.22 bits per heavy atom. The molecule has 0 fully saturated rings. The first-order valence-electron chi connectivity index (χ1n) is 2.86. The Bertz CT molecular complexity index is 181. The first-order chi connectivity index (χ1) is 4.33. The highest BCUT2D eigenvalue weighted by Gasteiger charge is 1.84. The minimum absolute atomic E-state index is 0.426. The topological polar surface area (TPSA) is 0 Å². The van der Waals surface area contributed by atoms with Gasteiger partial charge < -0.3 is 0 Å². The van der Waals surface area contributed by atoms with Gasteiger partial charge in [-0.15, -0.1) is 8.46 Å². The van der Waals surface area contributed by atoms with Gasteiger partial charge in [0.25, 0.3) is 0 Å². The molecule has 44 valence electrons. The Morgan fingerprint density at radius 3 is 2.22 bits per heavy atom. The molecule has 1 unspecified atom stereocenters. The van der Waals surface area contributed by atoms with Gasteiger partial charge in [-0.25, -0.2) is 0 Å². The number of aryl methyl sites for hydroxylation is 1. The number of hydrogen-bond acceptors (Lipinski definition) is 0. The van der Waals surface area contributed by atoms with Crippen LogP contribution in [-0.2, 0) is 0 Å². The summed E-state index contributed by atoms with van der Waals surface area (Å²) in [5.74, 6) is 0. The van der Waals surface area contributed by atoms with Crippen LogP contribution in [0.3, 0.4) is 0 Å². The molecule has 2 heteroatoms. The Labute approximate surface area is 58.8 Å². The summed E-state index contributed by atoms with van der Waals surface area (Å²) in [7, 11) is 5.85. The zero-order valence-electron chi connectivity index (χ0n) is 5.39. The van der Waals surface area contributed by atoms with Crippen LogP contribution in [0.5, 0.6) is 0 Å². The van der Waals surface area contributed by atoms with Gasteiger partial charge in [-0.3, -0.25) is 0 Å². The molecule has 1 aromatic carbocycles. The molecular weight excluding hydrogens is 126 g/mol. The van der Waals surface area contributed by atoms with Crippen molar-refractivity contribution in [3.8, 4) is 0 Å². The maximum atomic E-state index is 5.43. The van der Waals surface area contributed by atoms with E-state index in [1.165, 1.54) is 10.9 Å². The summed E-state index contributed by atoms with van der Waals surface area (Å²) in [6, 6.07) is 8.28. The van der Waals surface area contributed by atoms with Gasteiger partial charge in [0, 0.05) is 0 Å². The minimum Gasteiger partial charge on any atom is -0.141 e. The van der Waals surface area contributed by atoms with E-state index in [-0.39, 0.29) is 0 Å². The van der Waals surface area contributed by atoms with Crippen LogP contribution in [0.1, 0.15) is 5.56 Å². The van der Waals surface area contributed by atoms with Crippen LogP contribution in [-0.4, -0.2) is 7.57 Å². The molecule has 0 aliphatic carbocycles. The summed E-state index contributed by atoms with van der Waals surface area (Å²) in [6.45, 7) is 2.07. The third-order valence-electron chi connectivity index (χ3n) is 1.22. The fourth-order valence-corrected chi connectivity index (χ4v) is 1.01. The van der Waals surface area contributed by atoms with Crippen molar-refractivity contribution in [1.29, 1.82) is 0 Å². The lowest BCUT2D eigenvalue weighted by molar-refractivity contribution is 1.49. The van der Waals surface area contributed by atoms with Crippen molar-refractivity contribution in [2.75, 3.05) is 0 Å². The Hall–Kier alpha value is -0.285. The molecule has 1 atom stereocenters. The van der Waals surface area contributed by atoms with Crippen molar-refractivity contribution in [3.05, 3.63) is 29.8 Å². The summed E-state index contributed by atoms with van der Waals surface area (Å²) < 4.78 is 0. The predicted octanol–water partition coefficient (Wildman–Crippen LogP) is 1.38. The average molecular weight is 134 g/mol. The third-order valence-corrected chi connectivity index (χ3v) is 1.88. The SMILES string of the molecule is [B]Pc1ccc(C)cc1. The highest BCUT2D eigenvalue weighted by atomic mass is 31.1. The maximum Gasteiger partial charge on any atom is 0.110 e. The number of rotatable bonds is 1. The van der Waals surface area contributed by atoms with Gasteiger partial charge >= 0.3 is 0 Å². The number of hydrogen-bond donors (Lipinski definition) is 0. The van der Waals surface area contributed by atoms with Gasteiger partial charge in [-0.2, -0.15) is 0 Å². The van der Waals surface area contributed by atoms with E-state index in [9.17, 15) is 0 Å². The Kier molecular flexibility index (Phi) is 2.30. The van der Waals surface area contributed by atoms with Crippen molar-refractivity contribution in [2.24, 2.45) is 0 Å². The quantitative estimate of drug-likeness (QED) is 0.402. The van der Waals surface area contributed by atoms with Gasteiger partial charge in [-0.1, -0.05) is 29.8 Å². The zero-order chi connectivity index (χ0) is 6.69. The predicted molar refractivity (Wildman–Crippen MR) is 44.9 cm³/mol. The molecule has 0 saturated heterocycles. The smallest absolute Gasteiger partial charge is 0.110 e. The first kappa shape index (κ1) is 6.83. The summed E-state index contributed by atoms with van der Waals surface area (Å²) in [4.78, 5) is 0. The molecular formula is C7H8BP. The molecule has 1 rings (SSSR count). The lowest BCUT2D eigenvalue weighted by Crippen LogP contribution is -1.90. The summed E-state index contributed by atoms with van der Waals surface area (Å²) >= 11 is 0. The Balaban J connectivity index is 2.88. The second kappa shape index (κ2) is 3.03. The van der Waals surface area contributed by atoms with E-state index < -0.39 is 0 Å². The van der Waals surface area contributed by atoms with Crippen LogP contribution in [0.25, 0.3) is 0 Å². The molecule has 1 aromatic rings. The van der Waals surface area contributed by atoms with Gasteiger partial charge in [0.05, 0.1) is 0 Å². The summed E-state index contributed by atoms with van der Waals surface area (Å²) in [6.07, 6.45) is 0. The second-order valence-corrected chi connectivity index (χ2v) is 2.88. The van der Waals surface area contributed by atoms with E-state index in [0.717, 1.165) is 0 Å². The normalized spacial score (nSPS) is 10.8. The third kappa shape index (κ3) is 1.84. The highest BCUT2D eigenvalue weighted by molar-refractivity contribution is 7.73. The lowest BCUT2D eigenvalue weighted by Gasteiger charge is -1.94. The molecule has 0 heterocycles. The standard InChI is InChI=1S/C7H8BP/c1-6-2-4-7(9-8)5-3-6/h2-5,9H,1H3. The summed E-state index contributed by atoms with van der Waals surface area (Å²) in [5.41, 5.74) is 1.29. The molecule has 0 N–H and O–H groups in total. The van der Waals surface area contributed by atoms with E-state index in [1.54, 1.807) is 0 Å². The van der Waals surface area contributed by atoms with Crippen LogP contribution < -0.4 is 5.30 Å². The molecule has 9 heavy (non-hydrogen) atoms. The van der Waals surface area contributed by atoms with Crippen molar-refractivity contribution in [2.45, 2.75) is 6.92 Å². The van der Waals surface area contributed by atoms with Crippen LogP contribution in [0.4, 0.5) is 0 Å². The van der Waals surface area contributed by atoms with Crippen LogP contribution in [0.15, 0.2) is 24.3 Å². The number of benzene rings is 1. The lowest BCUT2D eigenvalue weighted by atomic mass is 10.2. The van der Waals surface area contributed by atoms with Gasteiger partial charge in [0.2, 0.25) is 0 Å². The highest BCUT2D eigenvalue weighted by Crippen LogP contribution is 2.02. The van der Waals surface area contributed by atoms with Gasteiger partial charge in [0.1, 0.15) is 7.57 Å². The van der Waals surface area contributed by atoms with Gasteiger partial charge in [-0.05, 0) is 12.2 Å². The molecule has 0 aromatic heterocycles. The van der Waals surface area contributed by atoms with E-state index in [2.05, 4.69) is 31.2 Å². The average Bonchev–Trinajstić information content (AvgIpc) is 1.90. The van der Waals surface area contributed by atoms with Crippen molar-refractivity contribution in [3.63, 3.8) is 0 Å².